The molecule has 0 amide bonds. The van der Waals surface area contributed by atoms with Crippen LogP contribution in [0.1, 0.15) is 33.4 Å². The van der Waals surface area contributed by atoms with Crippen molar-refractivity contribution in [3.63, 3.8) is 0 Å². The fourth-order valence-corrected chi connectivity index (χ4v) is 2.84. The molecular weight excluding hydrogens is 256 g/mol. The molecule has 0 saturated carbocycles. The monoisotopic (exact) mass is 276 g/mol. The van der Waals surface area contributed by atoms with Crippen molar-refractivity contribution in [2.45, 2.75) is 33.2 Å². The number of aryl methyl sites for hydroxylation is 2. The third-order valence-electron chi connectivity index (χ3n) is 3.41. The van der Waals surface area contributed by atoms with Crippen molar-refractivity contribution in [3.05, 3.63) is 44.9 Å². The summed E-state index contributed by atoms with van der Waals surface area (Å²) in [6.07, 6.45) is 0.739. The Balaban J connectivity index is 2.28. The molecule has 0 bridgehead atoms. The van der Waals surface area contributed by atoms with Gasteiger partial charge < -0.3 is 10.5 Å². The van der Waals surface area contributed by atoms with E-state index in [-0.39, 0.29) is 6.04 Å². The van der Waals surface area contributed by atoms with Crippen LogP contribution in [0.5, 0.6) is 5.75 Å². The van der Waals surface area contributed by atoms with Gasteiger partial charge in [0.25, 0.3) is 0 Å². The molecule has 19 heavy (non-hydrogen) atoms. The fraction of sp³-hybridized carbons (Fsp3) is 0.400. The van der Waals surface area contributed by atoms with Crippen LogP contribution in [0.2, 0.25) is 0 Å². The van der Waals surface area contributed by atoms with E-state index < -0.39 is 0 Å². The lowest BCUT2D eigenvalue weighted by atomic mass is 9.97. The van der Waals surface area contributed by atoms with E-state index in [1.165, 1.54) is 5.56 Å². The van der Waals surface area contributed by atoms with Crippen LogP contribution in [0.4, 0.5) is 0 Å². The predicted molar refractivity (Wildman–Crippen MR) is 80.0 cm³/mol. The van der Waals surface area contributed by atoms with E-state index in [0.717, 1.165) is 34.0 Å². The molecule has 3 nitrogen and oxygen atoms in total. The Hall–Kier alpha value is -1.39. The Morgan fingerprint density at radius 3 is 2.63 bits per heavy atom. The number of rotatable bonds is 4. The third-order valence-corrected chi connectivity index (χ3v) is 4.23. The lowest BCUT2D eigenvalue weighted by Crippen LogP contribution is -2.15. The number of benzene rings is 1. The number of ether oxygens (including phenoxy) is 1. The maximum Gasteiger partial charge on any atom is 0.126 e. The average Bonchev–Trinajstić information content (AvgIpc) is 2.77. The third kappa shape index (κ3) is 2.96. The van der Waals surface area contributed by atoms with Crippen LogP contribution in [0.15, 0.2) is 17.5 Å². The van der Waals surface area contributed by atoms with Gasteiger partial charge in [-0.15, -0.1) is 11.3 Å². The lowest BCUT2D eigenvalue weighted by molar-refractivity contribution is 0.402. The van der Waals surface area contributed by atoms with Crippen molar-refractivity contribution in [1.29, 1.82) is 0 Å². The molecule has 1 unspecified atom stereocenters. The standard InChI is InChI=1S/C15H20N2OS/c1-9-5-6-13(15(18-4)10(9)2)14(16)7-12-8-19-11(3)17-12/h5-6,8,14H,7,16H2,1-4H3. The Labute approximate surface area is 118 Å². The molecule has 1 heterocycles. The largest absolute Gasteiger partial charge is 0.496 e. The van der Waals surface area contributed by atoms with Crippen LogP contribution in [-0.4, -0.2) is 12.1 Å². The quantitative estimate of drug-likeness (QED) is 0.932. The van der Waals surface area contributed by atoms with Crippen molar-refractivity contribution in [2.75, 3.05) is 7.11 Å². The number of aromatic nitrogens is 1. The summed E-state index contributed by atoms with van der Waals surface area (Å²) in [6.45, 7) is 6.16. The van der Waals surface area contributed by atoms with Gasteiger partial charge in [0.05, 0.1) is 17.8 Å². The van der Waals surface area contributed by atoms with Gasteiger partial charge >= 0.3 is 0 Å². The van der Waals surface area contributed by atoms with Gasteiger partial charge in [-0.1, -0.05) is 12.1 Å². The maximum absolute atomic E-state index is 6.32. The smallest absolute Gasteiger partial charge is 0.126 e. The molecule has 0 fully saturated rings. The minimum Gasteiger partial charge on any atom is -0.496 e. The summed E-state index contributed by atoms with van der Waals surface area (Å²) >= 11 is 1.66. The summed E-state index contributed by atoms with van der Waals surface area (Å²) in [6, 6.07) is 4.07. The highest BCUT2D eigenvalue weighted by atomic mass is 32.1. The Morgan fingerprint density at radius 1 is 1.32 bits per heavy atom. The Kier molecular flexibility index (Phi) is 4.22. The first-order valence-corrected chi connectivity index (χ1v) is 7.21. The van der Waals surface area contributed by atoms with Crippen LogP contribution >= 0.6 is 11.3 Å². The molecule has 2 aromatic rings. The van der Waals surface area contributed by atoms with E-state index in [0.29, 0.717) is 0 Å². The fourth-order valence-electron chi connectivity index (χ4n) is 2.21. The van der Waals surface area contributed by atoms with Crippen LogP contribution in [0.25, 0.3) is 0 Å². The minimum atomic E-state index is -0.0873. The molecule has 102 valence electrons. The number of methoxy groups -OCH3 is 1. The topological polar surface area (TPSA) is 48.1 Å². The van der Waals surface area contributed by atoms with Crippen LogP contribution in [0.3, 0.4) is 0 Å². The summed E-state index contributed by atoms with van der Waals surface area (Å²) in [4.78, 5) is 4.47. The molecule has 0 radical (unpaired) electrons. The maximum atomic E-state index is 6.32. The van der Waals surface area contributed by atoms with E-state index in [1.807, 2.05) is 6.92 Å². The molecule has 2 rings (SSSR count). The number of thiazole rings is 1. The molecule has 1 aromatic carbocycles. The van der Waals surface area contributed by atoms with E-state index in [9.17, 15) is 0 Å². The molecule has 0 saturated heterocycles. The van der Waals surface area contributed by atoms with E-state index >= 15 is 0 Å². The van der Waals surface area contributed by atoms with E-state index in [1.54, 1.807) is 18.4 Å². The molecule has 2 N–H and O–H groups in total. The highest BCUT2D eigenvalue weighted by Crippen LogP contribution is 2.31. The first-order valence-electron chi connectivity index (χ1n) is 6.33. The first kappa shape index (κ1) is 14.0. The summed E-state index contributed by atoms with van der Waals surface area (Å²) in [5, 5.41) is 3.15. The molecule has 1 atom stereocenters. The molecule has 0 aliphatic rings. The summed E-state index contributed by atoms with van der Waals surface area (Å²) in [5.74, 6) is 0.902. The van der Waals surface area contributed by atoms with Crippen molar-refractivity contribution >= 4 is 11.3 Å². The average molecular weight is 276 g/mol. The highest BCUT2D eigenvalue weighted by Gasteiger charge is 2.16. The molecular formula is C15H20N2OS. The van der Waals surface area contributed by atoms with E-state index in [2.05, 4.69) is 36.3 Å². The van der Waals surface area contributed by atoms with Gasteiger partial charge in [-0.3, -0.25) is 0 Å². The Bertz CT molecular complexity index is 578. The molecule has 4 heteroatoms. The number of nitrogens with zero attached hydrogens (tertiary/aromatic N) is 1. The number of hydrogen-bond donors (Lipinski definition) is 1. The molecule has 0 aliphatic heterocycles. The lowest BCUT2D eigenvalue weighted by Gasteiger charge is -2.18. The zero-order valence-electron chi connectivity index (χ0n) is 11.9. The van der Waals surface area contributed by atoms with Gasteiger partial charge in [0.15, 0.2) is 0 Å². The predicted octanol–water partition coefficient (Wildman–Crippen LogP) is 3.32. The van der Waals surface area contributed by atoms with Crippen molar-refractivity contribution in [3.8, 4) is 5.75 Å². The van der Waals surface area contributed by atoms with Crippen molar-refractivity contribution in [2.24, 2.45) is 5.73 Å². The number of nitrogens with two attached hydrogens (primary N) is 1. The minimum absolute atomic E-state index is 0.0873. The molecule has 0 spiro atoms. The first-order chi connectivity index (χ1) is 9.02. The van der Waals surface area contributed by atoms with Gasteiger partial charge in [-0.05, 0) is 31.9 Å². The molecule has 0 aliphatic carbocycles. The van der Waals surface area contributed by atoms with Gasteiger partial charge in [0.2, 0.25) is 0 Å². The number of hydrogen-bond acceptors (Lipinski definition) is 4. The van der Waals surface area contributed by atoms with Gasteiger partial charge in [0.1, 0.15) is 5.75 Å². The van der Waals surface area contributed by atoms with Gasteiger partial charge in [0, 0.05) is 23.4 Å². The van der Waals surface area contributed by atoms with E-state index in [4.69, 9.17) is 10.5 Å². The van der Waals surface area contributed by atoms with Crippen molar-refractivity contribution in [1.82, 2.24) is 4.98 Å². The van der Waals surface area contributed by atoms with Crippen molar-refractivity contribution < 1.29 is 4.74 Å². The zero-order chi connectivity index (χ0) is 14.0. The summed E-state index contributed by atoms with van der Waals surface area (Å²) in [7, 11) is 1.70. The Morgan fingerprint density at radius 2 is 2.05 bits per heavy atom. The normalized spacial score (nSPS) is 12.5. The van der Waals surface area contributed by atoms with Crippen LogP contribution in [0, 0.1) is 20.8 Å². The second kappa shape index (κ2) is 5.72. The highest BCUT2D eigenvalue weighted by molar-refractivity contribution is 7.09. The second-order valence-electron chi connectivity index (χ2n) is 4.80. The van der Waals surface area contributed by atoms with Crippen LogP contribution in [-0.2, 0) is 6.42 Å². The molecule has 1 aromatic heterocycles. The second-order valence-corrected chi connectivity index (χ2v) is 5.86. The summed E-state index contributed by atoms with van der Waals surface area (Å²) in [5.41, 5.74) is 10.8. The van der Waals surface area contributed by atoms with Crippen LogP contribution < -0.4 is 10.5 Å². The zero-order valence-corrected chi connectivity index (χ0v) is 12.7. The SMILES string of the molecule is COc1c(C(N)Cc2csc(C)n2)ccc(C)c1C. The van der Waals surface area contributed by atoms with Gasteiger partial charge in [-0.2, -0.15) is 0 Å². The summed E-state index contributed by atoms with van der Waals surface area (Å²) < 4.78 is 5.52. The van der Waals surface area contributed by atoms with Gasteiger partial charge in [-0.25, -0.2) is 4.98 Å².